The Hall–Kier alpha value is 0.0700. The van der Waals surface area contributed by atoms with Gasteiger partial charge in [-0.15, -0.1) is 0 Å². The minimum atomic E-state index is -0.815. The fraction of sp³-hybridized carbons (Fsp3) is 1.00. The smallest absolute Gasteiger partial charge is 0.0915 e. The van der Waals surface area contributed by atoms with Crippen LogP contribution >= 0.6 is 0 Å². The molecule has 0 aromatic rings. The Morgan fingerprint density at radius 1 is 1.73 bits per heavy atom. The van der Waals surface area contributed by atoms with Crippen LogP contribution in [0.5, 0.6) is 0 Å². The molecule has 4 heteroatoms. The maximum absolute atomic E-state index is 11.1. The molecule has 0 aromatic heterocycles. The molecule has 0 radical (unpaired) electrons. The summed E-state index contributed by atoms with van der Waals surface area (Å²) in [6.07, 6.45) is 2.34. The van der Waals surface area contributed by atoms with E-state index < -0.39 is 11.0 Å². The Bertz CT molecular complexity index is 134. The van der Waals surface area contributed by atoms with Crippen LogP contribution in [-0.2, 0) is 11.0 Å². The first-order valence-corrected chi connectivity index (χ1v) is 5.50. The van der Waals surface area contributed by atoms with Crippen LogP contribution in [0.4, 0.5) is 0 Å². The number of rotatable bonds is 3. The van der Waals surface area contributed by atoms with E-state index in [-0.39, 0.29) is 0 Å². The van der Waals surface area contributed by atoms with Gasteiger partial charge in [-0.2, -0.15) is 0 Å². The summed E-state index contributed by atoms with van der Waals surface area (Å²) in [4.78, 5) is 0. The minimum absolute atomic E-state index is 0.421. The van der Waals surface area contributed by atoms with E-state index in [2.05, 4.69) is 10.0 Å². The van der Waals surface area contributed by atoms with E-state index in [0.717, 1.165) is 19.5 Å². The monoisotopic (exact) mass is 176 g/mol. The fourth-order valence-electron chi connectivity index (χ4n) is 1.22. The van der Waals surface area contributed by atoms with E-state index in [1.54, 1.807) is 0 Å². The maximum Gasteiger partial charge on any atom is 0.0915 e. The number of hydrogen-bond acceptors (Lipinski definition) is 2. The van der Waals surface area contributed by atoms with Gasteiger partial charge in [0.2, 0.25) is 0 Å². The van der Waals surface area contributed by atoms with Crippen molar-refractivity contribution >= 4 is 11.0 Å². The topological polar surface area (TPSA) is 41.1 Å². The van der Waals surface area contributed by atoms with Crippen LogP contribution in [0, 0.1) is 0 Å². The summed E-state index contributed by atoms with van der Waals surface area (Å²) in [5, 5.41) is 3.27. The molecular weight excluding hydrogens is 160 g/mol. The van der Waals surface area contributed by atoms with Gasteiger partial charge in [-0.1, -0.05) is 6.92 Å². The van der Waals surface area contributed by atoms with Gasteiger partial charge < -0.3 is 5.32 Å². The zero-order valence-corrected chi connectivity index (χ0v) is 7.75. The minimum Gasteiger partial charge on any atom is -0.315 e. The summed E-state index contributed by atoms with van der Waals surface area (Å²) in [5.41, 5.74) is 0. The van der Waals surface area contributed by atoms with Crippen LogP contribution in [-0.4, -0.2) is 29.1 Å². The van der Waals surface area contributed by atoms with Crippen molar-refractivity contribution in [3.05, 3.63) is 0 Å². The summed E-state index contributed by atoms with van der Waals surface area (Å²) in [5.74, 6) is 0.705. The van der Waals surface area contributed by atoms with Crippen molar-refractivity contribution in [1.29, 1.82) is 0 Å². The molecule has 2 N–H and O–H groups in total. The first kappa shape index (κ1) is 9.16. The normalized spacial score (nSPS) is 28.3. The van der Waals surface area contributed by atoms with Crippen molar-refractivity contribution < 1.29 is 4.21 Å². The van der Waals surface area contributed by atoms with Crippen molar-refractivity contribution in [2.45, 2.75) is 25.8 Å². The lowest BCUT2D eigenvalue weighted by molar-refractivity contribution is 0.436. The summed E-state index contributed by atoms with van der Waals surface area (Å²) < 4.78 is 14.1. The summed E-state index contributed by atoms with van der Waals surface area (Å²) in [6, 6.07) is 0.421. The highest BCUT2D eigenvalue weighted by Gasteiger charge is 2.13. The van der Waals surface area contributed by atoms with Crippen LogP contribution in [0.1, 0.15) is 19.8 Å². The summed E-state index contributed by atoms with van der Waals surface area (Å²) in [6.45, 7) is 4.00. The second-order valence-electron chi connectivity index (χ2n) is 2.80. The third kappa shape index (κ3) is 3.31. The molecule has 66 valence electrons. The average Bonchev–Trinajstić information content (AvgIpc) is 2.06. The van der Waals surface area contributed by atoms with E-state index in [1.807, 2.05) is 6.92 Å². The number of piperidine rings is 1. The fourth-order valence-corrected chi connectivity index (χ4v) is 1.96. The summed E-state index contributed by atoms with van der Waals surface area (Å²) in [7, 11) is -0.815. The quantitative estimate of drug-likeness (QED) is 0.636. The molecule has 11 heavy (non-hydrogen) atoms. The molecule has 0 bridgehead atoms. The van der Waals surface area contributed by atoms with E-state index >= 15 is 0 Å². The zero-order chi connectivity index (χ0) is 8.10. The van der Waals surface area contributed by atoms with Gasteiger partial charge in [0.15, 0.2) is 0 Å². The van der Waals surface area contributed by atoms with Crippen molar-refractivity contribution in [1.82, 2.24) is 10.0 Å². The third-order valence-corrected chi connectivity index (χ3v) is 2.98. The summed E-state index contributed by atoms with van der Waals surface area (Å²) >= 11 is 0. The molecule has 1 rings (SSSR count). The van der Waals surface area contributed by atoms with Gasteiger partial charge >= 0.3 is 0 Å². The van der Waals surface area contributed by atoms with Crippen LogP contribution in [0.25, 0.3) is 0 Å². The molecule has 1 fully saturated rings. The predicted molar refractivity (Wildman–Crippen MR) is 47.7 cm³/mol. The Labute approximate surface area is 70.5 Å². The molecule has 0 aromatic carbocycles. The molecule has 2 atom stereocenters. The number of nitrogens with one attached hydrogen (secondary N) is 2. The Morgan fingerprint density at radius 3 is 3.09 bits per heavy atom. The van der Waals surface area contributed by atoms with E-state index in [0.29, 0.717) is 11.8 Å². The average molecular weight is 176 g/mol. The van der Waals surface area contributed by atoms with Gasteiger partial charge in [0, 0.05) is 18.3 Å². The van der Waals surface area contributed by atoms with Crippen molar-refractivity contribution in [2.75, 3.05) is 18.8 Å². The Kier molecular flexibility index (Phi) is 4.04. The standard InChI is InChI=1S/C7H16N2OS/c1-2-11(10)9-7-4-3-5-8-6-7/h7-9H,2-6H2,1H3. The molecule has 0 saturated carbocycles. The second kappa shape index (κ2) is 4.85. The molecule has 1 heterocycles. The molecule has 0 aliphatic carbocycles. The molecule has 0 spiro atoms. The Balaban J connectivity index is 2.19. The lowest BCUT2D eigenvalue weighted by Crippen LogP contribution is -2.44. The molecule has 2 unspecified atom stereocenters. The zero-order valence-electron chi connectivity index (χ0n) is 6.93. The first-order chi connectivity index (χ1) is 5.33. The van der Waals surface area contributed by atoms with Crippen LogP contribution in [0.2, 0.25) is 0 Å². The first-order valence-electron chi connectivity index (χ1n) is 4.18. The number of hydrogen-bond donors (Lipinski definition) is 2. The SMILES string of the molecule is CCS(=O)NC1CCCNC1. The van der Waals surface area contributed by atoms with Gasteiger partial charge in [0.05, 0.1) is 11.0 Å². The molecule has 1 aliphatic heterocycles. The van der Waals surface area contributed by atoms with Gasteiger partial charge in [-0.05, 0) is 19.4 Å². The molecular formula is C7H16N2OS. The third-order valence-electron chi connectivity index (χ3n) is 1.86. The van der Waals surface area contributed by atoms with Gasteiger partial charge in [0.25, 0.3) is 0 Å². The van der Waals surface area contributed by atoms with Gasteiger partial charge in [0.1, 0.15) is 0 Å². The van der Waals surface area contributed by atoms with E-state index in [1.165, 1.54) is 6.42 Å². The predicted octanol–water partition coefficient (Wildman–Crippen LogP) is 0.0116. The van der Waals surface area contributed by atoms with Gasteiger partial charge in [-0.25, -0.2) is 8.93 Å². The highest BCUT2D eigenvalue weighted by atomic mass is 32.2. The molecule has 0 amide bonds. The molecule has 1 saturated heterocycles. The van der Waals surface area contributed by atoms with Gasteiger partial charge in [-0.3, -0.25) is 0 Å². The van der Waals surface area contributed by atoms with E-state index in [9.17, 15) is 4.21 Å². The molecule has 3 nitrogen and oxygen atoms in total. The van der Waals surface area contributed by atoms with Crippen LogP contribution in [0.3, 0.4) is 0 Å². The van der Waals surface area contributed by atoms with Crippen molar-refractivity contribution in [2.24, 2.45) is 0 Å². The van der Waals surface area contributed by atoms with Crippen molar-refractivity contribution in [3.8, 4) is 0 Å². The largest absolute Gasteiger partial charge is 0.315 e. The Morgan fingerprint density at radius 2 is 2.55 bits per heavy atom. The lowest BCUT2D eigenvalue weighted by Gasteiger charge is -2.22. The van der Waals surface area contributed by atoms with E-state index in [4.69, 9.17) is 0 Å². The molecule has 1 aliphatic rings. The van der Waals surface area contributed by atoms with Crippen LogP contribution < -0.4 is 10.0 Å². The lowest BCUT2D eigenvalue weighted by atomic mass is 10.1. The second-order valence-corrected chi connectivity index (χ2v) is 4.30. The highest BCUT2D eigenvalue weighted by Crippen LogP contribution is 2.01. The highest BCUT2D eigenvalue weighted by molar-refractivity contribution is 7.82. The van der Waals surface area contributed by atoms with Crippen molar-refractivity contribution in [3.63, 3.8) is 0 Å². The maximum atomic E-state index is 11.1. The van der Waals surface area contributed by atoms with Crippen LogP contribution in [0.15, 0.2) is 0 Å².